The van der Waals surface area contributed by atoms with E-state index in [1.807, 2.05) is 0 Å². The standard InChI is InChI=1S/C59H45NO/c1-5-19-40(20-6-1)47-30-17-31-51-57(47)48-36-35-46(39-52(48)59(51,44-25-9-3-10-26-44)45-27-11-4-12-28-45)60(53-32-18-34-56-58(53)49-29-15-16-33-55(49)61-56)54-38-43-24-14-13-23-42(43)37-50(54)41-21-7-2-8-22-41/h2-4,7-18,21-40H,1,5-6,19-20H2. The Hall–Kier alpha value is -7.16. The molecule has 0 bridgehead atoms. The molecule has 0 N–H and O–H groups in total. The first-order chi connectivity index (χ1) is 30.3. The zero-order valence-corrected chi connectivity index (χ0v) is 34.1. The number of hydrogen-bond acceptors (Lipinski definition) is 2. The van der Waals surface area contributed by atoms with E-state index in [-0.39, 0.29) is 0 Å². The summed E-state index contributed by atoms with van der Waals surface area (Å²) in [6, 6.07) is 76.5. The van der Waals surface area contributed by atoms with E-state index in [9.17, 15) is 0 Å². The Morgan fingerprint density at radius 2 is 1.10 bits per heavy atom. The maximum Gasteiger partial charge on any atom is 0.137 e. The highest BCUT2D eigenvalue weighted by Crippen LogP contribution is 2.60. The lowest BCUT2D eigenvalue weighted by Crippen LogP contribution is -2.29. The van der Waals surface area contributed by atoms with Gasteiger partial charge in [0.1, 0.15) is 11.2 Å². The number of anilines is 3. The molecule has 2 nitrogen and oxygen atoms in total. The molecule has 0 amide bonds. The molecular weight excluding hydrogens is 739 g/mol. The predicted octanol–water partition coefficient (Wildman–Crippen LogP) is 16.3. The molecule has 1 saturated carbocycles. The summed E-state index contributed by atoms with van der Waals surface area (Å²) in [5.74, 6) is 0.549. The highest BCUT2D eigenvalue weighted by Gasteiger charge is 2.47. The lowest BCUT2D eigenvalue weighted by molar-refractivity contribution is 0.444. The molecule has 2 aliphatic carbocycles. The van der Waals surface area contributed by atoms with Crippen LogP contribution in [0.5, 0.6) is 0 Å². The molecule has 2 heteroatoms. The van der Waals surface area contributed by atoms with E-state index in [0.717, 1.165) is 39.0 Å². The molecule has 2 aliphatic rings. The molecule has 0 spiro atoms. The van der Waals surface area contributed by atoms with Crippen LogP contribution in [0.15, 0.2) is 211 Å². The first-order valence-electron chi connectivity index (χ1n) is 22.0. The molecular formula is C59H45NO. The summed E-state index contributed by atoms with van der Waals surface area (Å²) in [5, 5.41) is 4.61. The third kappa shape index (κ3) is 5.62. The normalized spacial score (nSPS) is 14.6. The van der Waals surface area contributed by atoms with Crippen molar-refractivity contribution in [3.05, 3.63) is 234 Å². The molecule has 9 aromatic carbocycles. The van der Waals surface area contributed by atoms with Crippen molar-refractivity contribution in [2.75, 3.05) is 4.90 Å². The van der Waals surface area contributed by atoms with Gasteiger partial charge in [-0.1, -0.05) is 183 Å². The van der Waals surface area contributed by atoms with Crippen LogP contribution < -0.4 is 4.90 Å². The van der Waals surface area contributed by atoms with E-state index in [1.54, 1.807) is 0 Å². The number of para-hydroxylation sites is 1. The number of hydrogen-bond donors (Lipinski definition) is 0. The summed E-state index contributed by atoms with van der Waals surface area (Å²) in [6.07, 6.45) is 6.41. The molecule has 0 saturated heterocycles. The van der Waals surface area contributed by atoms with Crippen molar-refractivity contribution < 1.29 is 4.42 Å². The minimum Gasteiger partial charge on any atom is -0.456 e. The van der Waals surface area contributed by atoms with Crippen LogP contribution in [-0.2, 0) is 5.41 Å². The molecule has 0 unspecified atom stereocenters. The summed E-state index contributed by atoms with van der Waals surface area (Å²) < 4.78 is 6.61. The third-order valence-electron chi connectivity index (χ3n) is 13.7. The smallest absolute Gasteiger partial charge is 0.137 e. The Bertz CT molecular complexity index is 3190. The zero-order valence-electron chi connectivity index (χ0n) is 34.1. The monoisotopic (exact) mass is 783 g/mol. The van der Waals surface area contributed by atoms with Crippen molar-refractivity contribution in [2.24, 2.45) is 0 Å². The second-order valence-electron chi connectivity index (χ2n) is 17.0. The summed E-state index contributed by atoms with van der Waals surface area (Å²) in [7, 11) is 0. The molecule has 10 aromatic rings. The van der Waals surface area contributed by atoms with Crippen molar-refractivity contribution in [2.45, 2.75) is 43.4 Å². The van der Waals surface area contributed by atoms with Crippen molar-refractivity contribution in [3.63, 3.8) is 0 Å². The average Bonchev–Trinajstić information content (AvgIpc) is 3.87. The average molecular weight is 784 g/mol. The topological polar surface area (TPSA) is 16.4 Å². The lowest BCUT2D eigenvalue weighted by Gasteiger charge is -2.35. The first-order valence-corrected chi connectivity index (χ1v) is 22.0. The Morgan fingerprint density at radius 1 is 0.459 bits per heavy atom. The summed E-state index contributed by atoms with van der Waals surface area (Å²) >= 11 is 0. The number of furan rings is 1. The lowest BCUT2D eigenvalue weighted by atomic mass is 9.67. The van der Waals surface area contributed by atoms with E-state index in [2.05, 4.69) is 211 Å². The van der Waals surface area contributed by atoms with E-state index in [4.69, 9.17) is 4.42 Å². The van der Waals surface area contributed by atoms with Crippen LogP contribution in [0.1, 0.15) is 65.8 Å². The van der Waals surface area contributed by atoms with Gasteiger partial charge in [-0.2, -0.15) is 0 Å². The second kappa shape index (κ2) is 14.5. The molecule has 12 rings (SSSR count). The van der Waals surface area contributed by atoms with Gasteiger partial charge in [-0.15, -0.1) is 0 Å². The predicted molar refractivity (Wildman–Crippen MR) is 254 cm³/mol. The first kappa shape index (κ1) is 35.8. The fourth-order valence-corrected chi connectivity index (χ4v) is 11.1. The third-order valence-corrected chi connectivity index (χ3v) is 13.7. The van der Waals surface area contributed by atoms with Gasteiger partial charge < -0.3 is 9.32 Å². The van der Waals surface area contributed by atoms with Gasteiger partial charge in [0.15, 0.2) is 0 Å². The maximum absolute atomic E-state index is 6.61. The molecule has 0 atom stereocenters. The summed E-state index contributed by atoms with van der Waals surface area (Å²) in [4.78, 5) is 2.52. The van der Waals surface area contributed by atoms with Crippen molar-refractivity contribution in [3.8, 4) is 22.3 Å². The number of rotatable bonds is 7. The molecule has 0 aliphatic heterocycles. The Labute approximate surface area is 357 Å². The quantitative estimate of drug-likeness (QED) is 0.160. The van der Waals surface area contributed by atoms with Crippen LogP contribution in [0, 0.1) is 0 Å². The van der Waals surface area contributed by atoms with Gasteiger partial charge in [-0.25, -0.2) is 0 Å². The Balaban J connectivity index is 1.21. The number of nitrogens with zero attached hydrogens (tertiary/aromatic N) is 1. The van der Waals surface area contributed by atoms with Crippen LogP contribution in [-0.4, -0.2) is 0 Å². The van der Waals surface area contributed by atoms with Crippen LogP contribution in [0.4, 0.5) is 17.1 Å². The Morgan fingerprint density at radius 3 is 1.85 bits per heavy atom. The van der Waals surface area contributed by atoms with Gasteiger partial charge in [-0.3, -0.25) is 0 Å². The Kier molecular flexibility index (Phi) is 8.52. The van der Waals surface area contributed by atoms with E-state index in [0.29, 0.717) is 5.92 Å². The summed E-state index contributed by atoms with van der Waals surface area (Å²) in [5.41, 5.74) is 16.4. The second-order valence-corrected chi connectivity index (χ2v) is 17.0. The molecule has 1 aromatic heterocycles. The van der Waals surface area contributed by atoms with Gasteiger partial charge in [0, 0.05) is 16.6 Å². The fourth-order valence-electron chi connectivity index (χ4n) is 11.1. The van der Waals surface area contributed by atoms with Gasteiger partial charge in [-0.05, 0) is 117 Å². The van der Waals surface area contributed by atoms with E-state index >= 15 is 0 Å². The largest absolute Gasteiger partial charge is 0.456 e. The highest BCUT2D eigenvalue weighted by molar-refractivity contribution is 6.14. The van der Waals surface area contributed by atoms with E-state index in [1.165, 1.54) is 92.9 Å². The van der Waals surface area contributed by atoms with Gasteiger partial charge in [0.25, 0.3) is 0 Å². The van der Waals surface area contributed by atoms with Gasteiger partial charge >= 0.3 is 0 Å². The maximum atomic E-state index is 6.61. The molecule has 292 valence electrons. The van der Waals surface area contributed by atoms with E-state index < -0.39 is 5.41 Å². The molecule has 1 fully saturated rings. The van der Waals surface area contributed by atoms with Gasteiger partial charge in [0.05, 0.1) is 22.2 Å². The number of fused-ring (bicyclic) bond motifs is 7. The van der Waals surface area contributed by atoms with Crippen molar-refractivity contribution >= 4 is 49.8 Å². The van der Waals surface area contributed by atoms with Gasteiger partial charge in [0.2, 0.25) is 0 Å². The fraction of sp³-hybridized carbons (Fsp3) is 0.119. The zero-order chi connectivity index (χ0) is 40.3. The van der Waals surface area contributed by atoms with Crippen molar-refractivity contribution in [1.29, 1.82) is 0 Å². The van der Waals surface area contributed by atoms with Crippen LogP contribution in [0.25, 0.3) is 55.0 Å². The number of benzene rings is 9. The van der Waals surface area contributed by atoms with Crippen LogP contribution in [0.2, 0.25) is 0 Å². The SMILES string of the molecule is c1ccc(-c2cc3ccccc3cc2N(c2ccc3c(c2)C(c2ccccc2)(c2ccccc2)c2cccc(C4CCCCC4)c2-3)c2cccc3oc4ccccc4c23)cc1. The molecule has 61 heavy (non-hydrogen) atoms. The minimum atomic E-state index is -0.542. The molecule has 0 radical (unpaired) electrons. The highest BCUT2D eigenvalue weighted by atomic mass is 16.3. The summed E-state index contributed by atoms with van der Waals surface area (Å²) in [6.45, 7) is 0. The minimum absolute atomic E-state index is 0.542. The van der Waals surface area contributed by atoms with Crippen molar-refractivity contribution in [1.82, 2.24) is 0 Å². The molecule has 1 heterocycles. The van der Waals surface area contributed by atoms with Crippen LogP contribution in [0.3, 0.4) is 0 Å². The van der Waals surface area contributed by atoms with Crippen LogP contribution >= 0.6 is 0 Å².